The van der Waals surface area contributed by atoms with Gasteiger partial charge in [0.05, 0.1) is 0 Å². The second kappa shape index (κ2) is 7.56. The number of amides is 1. The Morgan fingerprint density at radius 3 is 1.96 bits per heavy atom. The van der Waals surface area contributed by atoms with Gasteiger partial charge in [-0.1, -0.05) is 60.7 Å². The van der Waals surface area contributed by atoms with Gasteiger partial charge in [-0.15, -0.1) is 0 Å². The quantitative estimate of drug-likeness (QED) is 0.680. The van der Waals surface area contributed by atoms with Gasteiger partial charge in [0.1, 0.15) is 0 Å². The fourth-order valence-electron chi connectivity index (χ4n) is 2.26. The molecule has 0 bridgehead atoms. The predicted molar refractivity (Wildman–Crippen MR) is 85.6 cm³/mol. The van der Waals surface area contributed by atoms with Crippen LogP contribution in [0.15, 0.2) is 60.7 Å². The van der Waals surface area contributed by atoms with Crippen molar-refractivity contribution in [1.82, 2.24) is 5.32 Å². The highest BCUT2D eigenvalue weighted by Gasteiger charge is 2.37. The molecule has 120 valence electrons. The number of carbonyl (C=O) groups is 2. The summed E-state index contributed by atoms with van der Waals surface area (Å²) < 4.78 is 0. The van der Waals surface area contributed by atoms with E-state index in [-0.39, 0.29) is 12.8 Å². The van der Waals surface area contributed by atoms with Crippen LogP contribution < -0.4 is 5.32 Å². The van der Waals surface area contributed by atoms with Crippen LogP contribution in [0.3, 0.4) is 0 Å². The topological polar surface area (TPSA) is 86.6 Å². The van der Waals surface area contributed by atoms with Crippen LogP contribution >= 0.6 is 0 Å². The van der Waals surface area contributed by atoms with E-state index < -0.39 is 17.6 Å². The predicted octanol–water partition coefficient (Wildman–Crippen LogP) is 1.75. The molecule has 2 aromatic rings. The van der Waals surface area contributed by atoms with Crippen molar-refractivity contribution in [3.8, 4) is 0 Å². The summed E-state index contributed by atoms with van der Waals surface area (Å²) in [5, 5.41) is 21.8. The Labute approximate surface area is 134 Å². The minimum atomic E-state index is -2.31. The maximum atomic E-state index is 12.0. The molecule has 3 N–H and O–H groups in total. The van der Waals surface area contributed by atoms with Gasteiger partial charge in [-0.25, -0.2) is 4.79 Å². The van der Waals surface area contributed by atoms with Crippen LogP contribution in [0.2, 0.25) is 0 Å². The van der Waals surface area contributed by atoms with E-state index in [2.05, 4.69) is 5.32 Å². The second-order valence-electron chi connectivity index (χ2n) is 5.36. The summed E-state index contributed by atoms with van der Waals surface area (Å²) in [4.78, 5) is 23.4. The summed E-state index contributed by atoms with van der Waals surface area (Å²) in [6.07, 6.45) is 0.391. The van der Waals surface area contributed by atoms with Gasteiger partial charge in [0, 0.05) is 12.8 Å². The van der Waals surface area contributed by atoms with Gasteiger partial charge >= 0.3 is 5.97 Å². The minimum Gasteiger partial charge on any atom is -0.478 e. The highest BCUT2D eigenvalue weighted by molar-refractivity contribution is 5.85. The van der Waals surface area contributed by atoms with Crippen LogP contribution in [0.4, 0.5) is 0 Å². The minimum absolute atomic E-state index is 0.106. The first-order valence-electron chi connectivity index (χ1n) is 7.34. The number of benzene rings is 2. The highest BCUT2D eigenvalue weighted by atomic mass is 16.4. The monoisotopic (exact) mass is 313 g/mol. The average Bonchev–Trinajstić information content (AvgIpc) is 2.54. The lowest BCUT2D eigenvalue weighted by Gasteiger charge is -2.24. The molecule has 0 saturated heterocycles. The number of carbonyl (C=O) groups excluding carboxylic acids is 1. The molecule has 5 heteroatoms. The molecule has 2 aromatic carbocycles. The average molecular weight is 313 g/mol. The van der Waals surface area contributed by atoms with E-state index in [1.54, 1.807) is 30.3 Å². The Kier molecular flexibility index (Phi) is 5.49. The van der Waals surface area contributed by atoms with Crippen molar-refractivity contribution in [3.05, 3.63) is 71.8 Å². The van der Waals surface area contributed by atoms with Crippen molar-refractivity contribution in [2.24, 2.45) is 0 Å². The molecular weight excluding hydrogens is 294 g/mol. The molecule has 0 aliphatic heterocycles. The smallest absolute Gasteiger partial charge is 0.357 e. The van der Waals surface area contributed by atoms with Crippen LogP contribution in [0.25, 0.3) is 0 Å². The van der Waals surface area contributed by atoms with Crippen LogP contribution in [0.5, 0.6) is 0 Å². The lowest BCUT2D eigenvalue weighted by molar-refractivity contribution is -0.165. The van der Waals surface area contributed by atoms with Gasteiger partial charge in [0.2, 0.25) is 11.6 Å². The molecule has 23 heavy (non-hydrogen) atoms. The number of hydrogen-bond donors (Lipinski definition) is 3. The van der Waals surface area contributed by atoms with Crippen molar-refractivity contribution in [2.75, 3.05) is 0 Å². The molecule has 0 saturated carbocycles. The maximum absolute atomic E-state index is 12.0. The number of hydrogen-bond acceptors (Lipinski definition) is 3. The first-order chi connectivity index (χ1) is 11.0. The molecule has 0 heterocycles. The first-order valence-corrected chi connectivity index (χ1v) is 7.34. The summed E-state index contributed by atoms with van der Waals surface area (Å²) in [7, 11) is 0. The molecule has 0 unspecified atom stereocenters. The Morgan fingerprint density at radius 1 is 0.913 bits per heavy atom. The Balaban J connectivity index is 1.98. The SMILES string of the molecule is O=C(CCc1ccccc1)N[C@@](O)(Cc1ccccc1)C(=O)O. The highest BCUT2D eigenvalue weighted by Crippen LogP contribution is 2.12. The Morgan fingerprint density at radius 2 is 1.43 bits per heavy atom. The van der Waals surface area contributed by atoms with Gasteiger partial charge in [0.15, 0.2) is 0 Å². The molecule has 1 atom stereocenters. The lowest BCUT2D eigenvalue weighted by Crippen LogP contribution is -2.56. The molecule has 0 aromatic heterocycles. The molecule has 0 radical (unpaired) electrons. The van der Waals surface area contributed by atoms with Crippen LogP contribution in [-0.4, -0.2) is 27.8 Å². The van der Waals surface area contributed by atoms with Crippen LogP contribution in [-0.2, 0) is 22.4 Å². The number of rotatable bonds is 7. The van der Waals surface area contributed by atoms with E-state index in [4.69, 9.17) is 0 Å². The molecular formula is C18H19NO4. The van der Waals surface area contributed by atoms with Gasteiger partial charge in [-0.3, -0.25) is 4.79 Å². The van der Waals surface area contributed by atoms with Crippen molar-refractivity contribution >= 4 is 11.9 Å². The summed E-state index contributed by atoms with van der Waals surface area (Å²) in [5.41, 5.74) is -0.708. The molecule has 2 rings (SSSR count). The Hall–Kier alpha value is -2.66. The number of aliphatic carboxylic acids is 1. The third-order valence-corrected chi connectivity index (χ3v) is 3.49. The number of carboxylic acids is 1. The zero-order chi connectivity index (χ0) is 16.7. The van der Waals surface area contributed by atoms with E-state index in [1.165, 1.54) is 0 Å². The van der Waals surface area contributed by atoms with E-state index in [1.807, 2.05) is 30.3 Å². The summed E-state index contributed by atoms with van der Waals surface area (Å²) in [6.45, 7) is 0. The van der Waals surface area contributed by atoms with E-state index in [9.17, 15) is 19.8 Å². The van der Waals surface area contributed by atoms with Gasteiger partial charge < -0.3 is 15.5 Å². The Bertz CT molecular complexity index is 657. The van der Waals surface area contributed by atoms with Gasteiger partial charge in [-0.05, 0) is 17.5 Å². The second-order valence-corrected chi connectivity index (χ2v) is 5.36. The standard InChI is InChI=1S/C18H19NO4/c20-16(12-11-14-7-3-1-4-8-14)19-18(23,17(21)22)13-15-9-5-2-6-10-15/h1-10,23H,11-13H2,(H,19,20)(H,21,22)/t18-/m1/s1. The van der Waals surface area contributed by atoms with Gasteiger partial charge in [-0.2, -0.15) is 0 Å². The first kappa shape index (κ1) is 16.7. The largest absolute Gasteiger partial charge is 0.478 e. The normalized spacial score (nSPS) is 13.1. The van der Waals surface area contributed by atoms with Crippen molar-refractivity contribution in [1.29, 1.82) is 0 Å². The lowest BCUT2D eigenvalue weighted by atomic mass is 10.0. The molecule has 0 aliphatic carbocycles. The maximum Gasteiger partial charge on any atom is 0.357 e. The summed E-state index contributed by atoms with van der Waals surface area (Å²) in [6, 6.07) is 18.1. The zero-order valence-corrected chi connectivity index (χ0v) is 12.6. The third-order valence-electron chi connectivity index (χ3n) is 3.49. The number of nitrogens with one attached hydrogen (secondary N) is 1. The van der Waals surface area contributed by atoms with E-state index in [0.717, 1.165) is 5.56 Å². The zero-order valence-electron chi connectivity index (χ0n) is 12.6. The van der Waals surface area contributed by atoms with Gasteiger partial charge in [0.25, 0.3) is 0 Å². The van der Waals surface area contributed by atoms with E-state index in [0.29, 0.717) is 12.0 Å². The van der Waals surface area contributed by atoms with Crippen LogP contribution in [0, 0.1) is 0 Å². The number of aliphatic hydroxyl groups is 1. The van der Waals surface area contributed by atoms with Crippen molar-refractivity contribution in [3.63, 3.8) is 0 Å². The fraction of sp³-hybridized carbons (Fsp3) is 0.222. The molecule has 0 aliphatic rings. The number of aryl methyl sites for hydroxylation is 1. The molecule has 0 fully saturated rings. The molecule has 1 amide bonds. The van der Waals surface area contributed by atoms with E-state index >= 15 is 0 Å². The number of carboxylic acid groups (broad SMARTS) is 1. The van der Waals surface area contributed by atoms with Crippen molar-refractivity contribution in [2.45, 2.75) is 25.0 Å². The molecule has 0 spiro atoms. The van der Waals surface area contributed by atoms with Crippen LogP contribution in [0.1, 0.15) is 17.5 Å². The molecule has 5 nitrogen and oxygen atoms in total. The van der Waals surface area contributed by atoms with Crippen molar-refractivity contribution < 1.29 is 19.8 Å². The summed E-state index contributed by atoms with van der Waals surface area (Å²) >= 11 is 0. The fourth-order valence-corrected chi connectivity index (χ4v) is 2.26. The summed E-state index contributed by atoms with van der Waals surface area (Å²) in [5.74, 6) is -1.98. The third kappa shape index (κ3) is 4.93.